The molecule has 0 saturated carbocycles. The molecule has 1 rings (SSSR count). The molecule has 0 fully saturated rings. The Morgan fingerprint density at radius 3 is 2.69 bits per heavy atom. The van der Waals surface area contributed by atoms with Gasteiger partial charge in [-0.3, -0.25) is 4.39 Å². The van der Waals surface area contributed by atoms with Crippen molar-refractivity contribution in [1.29, 1.82) is 0 Å². The average molecular weight is 244 g/mol. The van der Waals surface area contributed by atoms with Crippen molar-refractivity contribution in [3.05, 3.63) is 17.1 Å². The smallest absolute Gasteiger partial charge is 0.340 e. The molecule has 0 unspecified atom stereocenters. The topological polar surface area (TPSA) is 63.1 Å². The summed E-state index contributed by atoms with van der Waals surface area (Å²) in [4.78, 5) is 19.1. The molecule has 0 amide bonds. The Kier molecular flexibility index (Phi) is 4.67. The molecule has 88 valence electrons. The molecule has 1 N–H and O–H groups in total. The molecule has 4 nitrogen and oxygen atoms in total. The molecule has 1 aromatic heterocycles. The number of aryl methyl sites for hydroxylation is 2. The number of aromatic carboxylic acids is 1. The first-order valence-electron chi connectivity index (χ1n) is 4.83. The van der Waals surface area contributed by atoms with Crippen LogP contribution in [-0.4, -0.2) is 33.5 Å². The standard InChI is InChI=1S/C10H13FN2O2S/c1-6-8(10(14)15)9(13-7(2)12-6)16-5-3-4-11/h3-5H2,1-2H3,(H,14,15). The average Bonchev–Trinajstić information content (AvgIpc) is 2.16. The van der Waals surface area contributed by atoms with E-state index in [1.165, 1.54) is 11.8 Å². The fraction of sp³-hybridized carbons (Fsp3) is 0.500. The number of hydrogen-bond donors (Lipinski definition) is 1. The second kappa shape index (κ2) is 5.79. The SMILES string of the molecule is Cc1nc(C)c(C(=O)O)c(SCCCF)n1. The van der Waals surface area contributed by atoms with Crippen LogP contribution < -0.4 is 0 Å². The van der Waals surface area contributed by atoms with Crippen LogP contribution in [0.4, 0.5) is 4.39 Å². The molecule has 0 saturated heterocycles. The Labute approximate surface area is 97.3 Å². The van der Waals surface area contributed by atoms with Gasteiger partial charge in [0.25, 0.3) is 0 Å². The minimum atomic E-state index is -1.04. The van der Waals surface area contributed by atoms with Crippen LogP contribution in [0.3, 0.4) is 0 Å². The van der Waals surface area contributed by atoms with Gasteiger partial charge in [-0.15, -0.1) is 11.8 Å². The van der Waals surface area contributed by atoms with Gasteiger partial charge in [-0.05, 0) is 20.3 Å². The highest BCUT2D eigenvalue weighted by Crippen LogP contribution is 2.23. The van der Waals surface area contributed by atoms with Crippen molar-refractivity contribution in [3.63, 3.8) is 0 Å². The summed E-state index contributed by atoms with van der Waals surface area (Å²) in [6.07, 6.45) is 0.395. The maximum Gasteiger partial charge on any atom is 0.340 e. The summed E-state index contributed by atoms with van der Waals surface area (Å²) in [7, 11) is 0. The van der Waals surface area contributed by atoms with Gasteiger partial charge in [0.05, 0.1) is 12.4 Å². The lowest BCUT2D eigenvalue weighted by atomic mass is 10.2. The lowest BCUT2D eigenvalue weighted by Crippen LogP contribution is -2.08. The van der Waals surface area contributed by atoms with Gasteiger partial charge in [-0.1, -0.05) is 0 Å². The molecule has 0 aromatic carbocycles. The summed E-state index contributed by atoms with van der Waals surface area (Å²) < 4.78 is 12.0. The third-order valence-electron chi connectivity index (χ3n) is 1.90. The van der Waals surface area contributed by atoms with Gasteiger partial charge >= 0.3 is 5.97 Å². The van der Waals surface area contributed by atoms with Crippen molar-refractivity contribution in [2.75, 3.05) is 12.4 Å². The van der Waals surface area contributed by atoms with Gasteiger partial charge in [0.2, 0.25) is 0 Å². The van der Waals surface area contributed by atoms with Gasteiger partial charge in [0, 0.05) is 5.75 Å². The van der Waals surface area contributed by atoms with E-state index in [2.05, 4.69) is 9.97 Å². The van der Waals surface area contributed by atoms with Crippen LogP contribution >= 0.6 is 11.8 Å². The van der Waals surface area contributed by atoms with E-state index in [0.29, 0.717) is 28.7 Å². The van der Waals surface area contributed by atoms with E-state index < -0.39 is 12.6 Å². The molecule has 0 radical (unpaired) electrons. The van der Waals surface area contributed by atoms with Crippen molar-refractivity contribution in [1.82, 2.24) is 9.97 Å². The zero-order valence-corrected chi connectivity index (χ0v) is 9.97. The van der Waals surface area contributed by atoms with Gasteiger partial charge in [-0.25, -0.2) is 14.8 Å². The van der Waals surface area contributed by atoms with Crippen LogP contribution in [0, 0.1) is 13.8 Å². The van der Waals surface area contributed by atoms with E-state index in [4.69, 9.17) is 5.11 Å². The quantitative estimate of drug-likeness (QED) is 0.489. The normalized spacial score (nSPS) is 10.4. The minimum absolute atomic E-state index is 0.120. The van der Waals surface area contributed by atoms with Crippen molar-refractivity contribution in [3.8, 4) is 0 Å². The van der Waals surface area contributed by atoms with E-state index in [1.807, 2.05) is 0 Å². The van der Waals surface area contributed by atoms with Crippen LogP contribution in [0.2, 0.25) is 0 Å². The number of rotatable bonds is 5. The molecule has 0 atom stereocenters. The highest BCUT2D eigenvalue weighted by atomic mass is 32.2. The number of aromatic nitrogens is 2. The number of nitrogens with zero attached hydrogens (tertiary/aromatic N) is 2. The number of carboxylic acid groups (broad SMARTS) is 1. The number of carbonyl (C=O) groups is 1. The molecule has 0 aliphatic heterocycles. The van der Waals surface area contributed by atoms with Gasteiger partial charge in [-0.2, -0.15) is 0 Å². The summed E-state index contributed by atoms with van der Waals surface area (Å²) in [6.45, 7) is 2.94. The van der Waals surface area contributed by atoms with Crippen LogP contribution in [0.15, 0.2) is 5.03 Å². The van der Waals surface area contributed by atoms with E-state index >= 15 is 0 Å². The number of thioether (sulfide) groups is 1. The number of alkyl halides is 1. The second-order valence-electron chi connectivity index (χ2n) is 3.23. The molecule has 1 aromatic rings. The van der Waals surface area contributed by atoms with E-state index in [-0.39, 0.29) is 5.56 Å². The molecule has 16 heavy (non-hydrogen) atoms. The van der Waals surface area contributed by atoms with Crippen LogP contribution in [0.25, 0.3) is 0 Å². The molecule has 6 heteroatoms. The van der Waals surface area contributed by atoms with Gasteiger partial charge < -0.3 is 5.11 Å². The number of carboxylic acids is 1. The molecule has 0 spiro atoms. The number of halogens is 1. The Bertz CT molecular complexity index is 399. The molecule has 1 heterocycles. The molecular formula is C10H13FN2O2S. The summed E-state index contributed by atoms with van der Waals surface area (Å²) in [5.41, 5.74) is 0.567. The summed E-state index contributed by atoms with van der Waals surface area (Å²) in [5, 5.41) is 9.45. The van der Waals surface area contributed by atoms with E-state index in [1.54, 1.807) is 13.8 Å². The first-order chi connectivity index (χ1) is 7.56. The largest absolute Gasteiger partial charge is 0.478 e. The zero-order valence-electron chi connectivity index (χ0n) is 9.16. The van der Waals surface area contributed by atoms with Crippen molar-refractivity contribution in [2.45, 2.75) is 25.3 Å². The predicted octanol–water partition coefficient (Wildman–Crippen LogP) is 2.24. The fourth-order valence-corrected chi connectivity index (χ4v) is 2.28. The van der Waals surface area contributed by atoms with Crippen molar-refractivity contribution < 1.29 is 14.3 Å². The summed E-state index contributed by atoms with van der Waals surface area (Å²) in [6, 6.07) is 0. The van der Waals surface area contributed by atoms with Gasteiger partial charge in [0.1, 0.15) is 16.4 Å². The molecular weight excluding hydrogens is 231 g/mol. The molecule has 0 aliphatic rings. The minimum Gasteiger partial charge on any atom is -0.478 e. The second-order valence-corrected chi connectivity index (χ2v) is 4.32. The Morgan fingerprint density at radius 1 is 1.44 bits per heavy atom. The third kappa shape index (κ3) is 3.16. The first-order valence-corrected chi connectivity index (χ1v) is 5.82. The third-order valence-corrected chi connectivity index (χ3v) is 2.96. The van der Waals surface area contributed by atoms with Crippen LogP contribution in [-0.2, 0) is 0 Å². The molecule has 0 aliphatic carbocycles. The van der Waals surface area contributed by atoms with E-state index in [0.717, 1.165) is 0 Å². The van der Waals surface area contributed by atoms with Crippen LogP contribution in [0.1, 0.15) is 28.3 Å². The number of hydrogen-bond acceptors (Lipinski definition) is 4. The Morgan fingerprint density at radius 2 is 2.12 bits per heavy atom. The Hall–Kier alpha value is -1.17. The monoisotopic (exact) mass is 244 g/mol. The Balaban J connectivity index is 2.99. The van der Waals surface area contributed by atoms with Gasteiger partial charge in [0.15, 0.2) is 0 Å². The molecule has 0 bridgehead atoms. The maximum absolute atomic E-state index is 12.0. The zero-order chi connectivity index (χ0) is 12.1. The summed E-state index contributed by atoms with van der Waals surface area (Å²) in [5.74, 6) is 0.0117. The first kappa shape index (κ1) is 12.9. The highest BCUT2D eigenvalue weighted by Gasteiger charge is 2.16. The van der Waals surface area contributed by atoms with E-state index in [9.17, 15) is 9.18 Å². The van der Waals surface area contributed by atoms with Crippen molar-refractivity contribution in [2.24, 2.45) is 0 Å². The maximum atomic E-state index is 12.0. The van der Waals surface area contributed by atoms with Crippen LogP contribution in [0.5, 0.6) is 0 Å². The fourth-order valence-electron chi connectivity index (χ4n) is 1.26. The lowest BCUT2D eigenvalue weighted by molar-refractivity contribution is 0.0690. The highest BCUT2D eigenvalue weighted by molar-refractivity contribution is 7.99. The summed E-state index contributed by atoms with van der Waals surface area (Å²) >= 11 is 1.26. The lowest BCUT2D eigenvalue weighted by Gasteiger charge is -2.07. The van der Waals surface area contributed by atoms with Crippen molar-refractivity contribution >= 4 is 17.7 Å². The predicted molar refractivity (Wildman–Crippen MR) is 59.8 cm³/mol.